The van der Waals surface area contributed by atoms with E-state index in [9.17, 15) is 14.9 Å². The molecule has 0 radical (unpaired) electrons. The molecule has 134 valence electrons. The summed E-state index contributed by atoms with van der Waals surface area (Å²) in [5, 5.41) is 11.0. The predicted octanol–water partition coefficient (Wildman–Crippen LogP) is 3.76. The summed E-state index contributed by atoms with van der Waals surface area (Å²) in [7, 11) is 0. The monoisotopic (exact) mass is 329 g/mol. The first kappa shape index (κ1) is 21.6. The van der Waals surface area contributed by atoms with Gasteiger partial charge in [-0.25, -0.2) is 0 Å². The molecule has 0 aromatic carbocycles. The highest BCUT2D eigenvalue weighted by molar-refractivity contribution is 5.74. The summed E-state index contributed by atoms with van der Waals surface area (Å²) in [6.07, 6.45) is 5.25. The predicted molar refractivity (Wildman–Crippen MR) is 89.9 cm³/mol. The van der Waals surface area contributed by atoms with Crippen LogP contribution in [0, 0.1) is 16.0 Å². The molecule has 0 bridgehead atoms. The van der Waals surface area contributed by atoms with E-state index in [1.165, 1.54) is 0 Å². The van der Waals surface area contributed by atoms with Gasteiger partial charge in [0.15, 0.2) is 5.92 Å². The number of esters is 1. The van der Waals surface area contributed by atoms with Crippen LogP contribution in [0.3, 0.4) is 0 Å². The maximum absolute atomic E-state index is 12.4. The second-order valence-electron chi connectivity index (χ2n) is 6.53. The minimum Gasteiger partial charge on any atom is -0.459 e. The van der Waals surface area contributed by atoms with Crippen molar-refractivity contribution in [2.45, 2.75) is 78.6 Å². The third-order valence-corrected chi connectivity index (χ3v) is 3.27. The van der Waals surface area contributed by atoms with E-state index in [4.69, 9.17) is 9.47 Å². The Hall–Kier alpha value is -1.43. The zero-order valence-corrected chi connectivity index (χ0v) is 15.2. The van der Waals surface area contributed by atoms with Gasteiger partial charge in [-0.05, 0) is 40.0 Å². The van der Waals surface area contributed by atoms with Crippen LogP contribution in [0.15, 0.2) is 12.2 Å². The standard InChI is InChI=1S/C17H31NO5/c1-7-10-11-15(22-13(8-2)9-3)14(12-18(20)21)16(19)23-17(4,5)6/h10-11,13-15H,7-9,12H2,1-6H3/t14-,15-/m1/s1. The number of hydrogen-bond donors (Lipinski definition) is 0. The fraction of sp³-hybridized carbons (Fsp3) is 0.824. The Labute approximate surface area is 139 Å². The van der Waals surface area contributed by atoms with E-state index in [-0.39, 0.29) is 6.10 Å². The van der Waals surface area contributed by atoms with Crippen LogP contribution in [-0.4, -0.2) is 35.2 Å². The molecule has 0 amide bonds. The second-order valence-corrected chi connectivity index (χ2v) is 6.53. The summed E-state index contributed by atoms with van der Waals surface area (Å²) in [5.41, 5.74) is -0.695. The van der Waals surface area contributed by atoms with Gasteiger partial charge in [0.2, 0.25) is 6.54 Å². The van der Waals surface area contributed by atoms with Crippen LogP contribution in [0.1, 0.15) is 60.8 Å². The number of ether oxygens (including phenoxy) is 2. The molecular formula is C17H31NO5. The first-order valence-corrected chi connectivity index (χ1v) is 8.31. The second kappa shape index (κ2) is 10.4. The zero-order valence-electron chi connectivity index (χ0n) is 15.2. The smallest absolute Gasteiger partial charge is 0.319 e. The van der Waals surface area contributed by atoms with Crippen LogP contribution in [0.2, 0.25) is 0 Å². The van der Waals surface area contributed by atoms with Gasteiger partial charge < -0.3 is 9.47 Å². The van der Waals surface area contributed by atoms with E-state index < -0.39 is 35.1 Å². The van der Waals surface area contributed by atoms with Crippen molar-refractivity contribution in [2.24, 2.45) is 5.92 Å². The van der Waals surface area contributed by atoms with Gasteiger partial charge in [0, 0.05) is 4.92 Å². The van der Waals surface area contributed by atoms with E-state index in [0.29, 0.717) is 0 Å². The van der Waals surface area contributed by atoms with Gasteiger partial charge >= 0.3 is 5.97 Å². The Morgan fingerprint density at radius 1 is 1.22 bits per heavy atom. The molecule has 0 spiro atoms. The molecule has 0 saturated carbocycles. The molecule has 0 aromatic heterocycles. The first-order chi connectivity index (χ1) is 10.6. The molecule has 0 aliphatic rings. The van der Waals surface area contributed by atoms with Crippen LogP contribution >= 0.6 is 0 Å². The van der Waals surface area contributed by atoms with Crippen molar-refractivity contribution in [3.8, 4) is 0 Å². The van der Waals surface area contributed by atoms with E-state index in [2.05, 4.69) is 0 Å². The number of carbonyl (C=O) groups excluding carboxylic acids is 1. The van der Waals surface area contributed by atoms with Gasteiger partial charge in [0.1, 0.15) is 5.60 Å². The molecule has 0 rings (SSSR count). The van der Waals surface area contributed by atoms with Crippen LogP contribution in [0.25, 0.3) is 0 Å². The molecule has 23 heavy (non-hydrogen) atoms. The highest BCUT2D eigenvalue weighted by Gasteiger charge is 2.36. The Morgan fingerprint density at radius 2 is 1.78 bits per heavy atom. The Bertz CT molecular complexity index is 396. The minimum absolute atomic E-state index is 0.0433. The molecule has 0 unspecified atom stereocenters. The van der Waals surface area contributed by atoms with Crippen molar-refractivity contribution < 1.29 is 19.2 Å². The molecule has 0 heterocycles. The lowest BCUT2D eigenvalue weighted by Crippen LogP contribution is -2.40. The SMILES string of the molecule is CCC=C[C@@H](OC(CC)CC)[C@@H](C[N+](=O)[O-])C(=O)OC(C)(C)C. The molecule has 0 N–H and O–H groups in total. The summed E-state index contributed by atoms with van der Waals surface area (Å²) >= 11 is 0. The molecule has 2 atom stereocenters. The number of hydrogen-bond acceptors (Lipinski definition) is 5. The lowest BCUT2D eigenvalue weighted by molar-refractivity contribution is -0.488. The molecular weight excluding hydrogens is 298 g/mol. The Balaban J connectivity index is 5.39. The molecule has 6 heteroatoms. The number of rotatable bonds is 10. The van der Waals surface area contributed by atoms with Crippen molar-refractivity contribution >= 4 is 5.97 Å². The molecule has 0 aromatic rings. The highest BCUT2D eigenvalue weighted by atomic mass is 16.6. The maximum atomic E-state index is 12.4. The Morgan fingerprint density at radius 3 is 2.17 bits per heavy atom. The minimum atomic E-state index is -0.951. The summed E-state index contributed by atoms with van der Waals surface area (Å²) in [4.78, 5) is 22.9. The van der Waals surface area contributed by atoms with Crippen molar-refractivity contribution in [3.63, 3.8) is 0 Å². The lowest BCUT2D eigenvalue weighted by atomic mass is 10.0. The topological polar surface area (TPSA) is 78.7 Å². The highest BCUT2D eigenvalue weighted by Crippen LogP contribution is 2.20. The van der Waals surface area contributed by atoms with Crippen molar-refractivity contribution in [1.82, 2.24) is 0 Å². The zero-order chi connectivity index (χ0) is 18.0. The van der Waals surface area contributed by atoms with Gasteiger partial charge in [-0.2, -0.15) is 0 Å². The van der Waals surface area contributed by atoms with Crippen molar-refractivity contribution in [1.29, 1.82) is 0 Å². The average Bonchev–Trinajstić information content (AvgIpc) is 2.43. The third-order valence-electron chi connectivity index (χ3n) is 3.27. The number of allylic oxidation sites excluding steroid dienone is 1. The van der Waals surface area contributed by atoms with Gasteiger partial charge in [0.05, 0.1) is 12.2 Å². The lowest BCUT2D eigenvalue weighted by Gasteiger charge is -2.28. The quantitative estimate of drug-likeness (QED) is 0.264. The molecule has 0 saturated heterocycles. The molecule has 0 aliphatic carbocycles. The third kappa shape index (κ3) is 9.33. The normalized spacial score (nSPS) is 14.9. The van der Waals surface area contributed by atoms with Gasteiger partial charge in [-0.1, -0.05) is 32.9 Å². The van der Waals surface area contributed by atoms with Gasteiger partial charge in [-0.15, -0.1) is 0 Å². The van der Waals surface area contributed by atoms with Crippen LogP contribution in [0.4, 0.5) is 0 Å². The van der Waals surface area contributed by atoms with Gasteiger partial charge in [0.25, 0.3) is 0 Å². The van der Waals surface area contributed by atoms with Crippen molar-refractivity contribution in [3.05, 3.63) is 22.3 Å². The van der Waals surface area contributed by atoms with E-state index in [1.807, 2.05) is 26.8 Å². The molecule has 6 nitrogen and oxygen atoms in total. The largest absolute Gasteiger partial charge is 0.459 e. The first-order valence-electron chi connectivity index (χ1n) is 8.31. The van der Waals surface area contributed by atoms with Crippen LogP contribution in [0.5, 0.6) is 0 Å². The van der Waals surface area contributed by atoms with E-state index in [1.54, 1.807) is 26.8 Å². The fourth-order valence-electron chi connectivity index (χ4n) is 2.10. The fourth-order valence-corrected chi connectivity index (χ4v) is 2.10. The van der Waals surface area contributed by atoms with Crippen molar-refractivity contribution in [2.75, 3.05) is 6.54 Å². The number of nitrogens with zero attached hydrogens (tertiary/aromatic N) is 1. The Kier molecular flexibility index (Phi) is 9.72. The van der Waals surface area contributed by atoms with E-state index >= 15 is 0 Å². The molecule has 0 fully saturated rings. The summed E-state index contributed by atoms with van der Waals surface area (Å²) in [6, 6.07) is 0. The van der Waals surface area contributed by atoms with Crippen LogP contribution in [-0.2, 0) is 14.3 Å². The van der Waals surface area contributed by atoms with Crippen LogP contribution < -0.4 is 0 Å². The summed E-state index contributed by atoms with van der Waals surface area (Å²) < 4.78 is 11.3. The molecule has 0 aliphatic heterocycles. The van der Waals surface area contributed by atoms with Gasteiger partial charge in [-0.3, -0.25) is 14.9 Å². The summed E-state index contributed by atoms with van der Waals surface area (Å²) in [5.74, 6) is -1.54. The average molecular weight is 329 g/mol. The van der Waals surface area contributed by atoms with E-state index in [0.717, 1.165) is 19.3 Å². The summed E-state index contributed by atoms with van der Waals surface area (Å²) in [6.45, 7) is 10.7. The number of carbonyl (C=O) groups is 1. The maximum Gasteiger partial charge on any atom is 0.319 e. The number of nitro groups is 1.